The number of amides is 1. The highest BCUT2D eigenvalue weighted by Gasteiger charge is 2.71. The highest BCUT2D eigenvalue weighted by Crippen LogP contribution is 2.78. The number of hydrogen-bond acceptors (Lipinski definition) is 6. The predicted octanol–water partition coefficient (Wildman–Crippen LogP) is 7.57. The lowest BCUT2D eigenvalue weighted by molar-refractivity contribution is -0.250. The minimum absolute atomic E-state index is 0.00721. The molecular formula is C41H67NO7. The highest BCUT2D eigenvalue weighted by atomic mass is 16.5. The molecule has 49 heavy (non-hydrogen) atoms. The Bertz CT molecular complexity index is 1290. The van der Waals surface area contributed by atoms with Crippen molar-refractivity contribution in [3.8, 4) is 0 Å². The first-order valence-corrected chi connectivity index (χ1v) is 19.3. The molecule has 0 saturated heterocycles. The first kappa shape index (κ1) is 38.3. The van der Waals surface area contributed by atoms with Gasteiger partial charge < -0.3 is 25.0 Å². The van der Waals surface area contributed by atoms with Crippen molar-refractivity contribution >= 4 is 17.8 Å². The number of carbonyl (C=O) groups is 3. The quantitative estimate of drug-likeness (QED) is 0.110. The smallest absolute Gasteiger partial charge is 0.309 e. The Morgan fingerprint density at radius 2 is 1.59 bits per heavy atom. The lowest BCUT2D eigenvalue weighted by Gasteiger charge is -2.73. The summed E-state index contributed by atoms with van der Waals surface area (Å²) < 4.78 is 11.5. The Morgan fingerprint density at radius 3 is 2.24 bits per heavy atom. The van der Waals surface area contributed by atoms with Crippen LogP contribution in [0, 0.1) is 62.1 Å². The zero-order valence-electron chi connectivity index (χ0n) is 31.9. The summed E-state index contributed by atoms with van der Waals surface area (Å²) in [5, 5.41) is 21.7. The van der Waals surface area contributed by atoms with Crippen LogP contribution in [0.25, 0.3) is 0 Å². The van der Waals surface area contributed by atoms with Gasteiger partial charge in [0.25, 0.3) is 0 Å². The molecule has 0 bridgehead atoms. The maximum absolute atomic E-state index is 13.4. The molecule has 8 heteroatoms. The Hall–Kier alpha value is -1.93. The summed E-state index contributed by atoms with van der Waals surface area (Å²) in [6.45, 7) is 23.4. The van der Waals surface area contributed by atoms with Crippen LogP contribution >= 0.6 is 0 Å². The van der Waals surface area contributed by atoms with E-state index in [2.05, 4.69) is 53.4 Å². The van der Waals surface area contributed by atoms with Gasteiger partial charge in [-0.15, -0.1) is 0 Å². The van der Waals surface area contributed by atoms with Gasteiger partial charge >= 0.3 is 11.9 Å². The Labute approximate surface area is 295 Å². The van der Waals surface area contributed by atoms with Crippen molar-refractivity contribution in [1.82, 2.24) is 5.32 Å². The van der Waals surface area contributed by atoms with E-state index in [1.165, 1.54) is 18.4 Å². The van der Waals surface area contributed by atoms with E-state index in [0.29, 0.717) is 55.8 Å². The average Bonchev–Trinajstić information content (AvgIpc) is 3.38. The fourth-order valence-electron chi connectivity index (χ4n) is 13.2. The first-order chi connectivity index (χ1) is 22.8. The maximum atomic E-state index is 13.4. The van der Waals surface area contributed by atoms with Gasteiger partial charge in [-0.05, 0) is 136 Å². The predicted molar refractivity (Wildman–Crippen MR) is 190 cm³/mol. The van der Waals surface area contributed by atoms with Crippen LogP contribution in [-0.4, -0.2) is 60.5 Å². The van der Waals surface area contributed by atoms with Crippen LogP contribution in [-0.2, 0) is 23.9 Å². The topological polar surface area (TPSA) is 122 Å². The molecule has 8 nitrogen and oxygen atoms in total. The number of hydrogen-bond donors (Lipinski definition) is 3. The summed E-state index contributed by atoms with van der Waals surface area (Å²) in [6.07, 6.45) is 11.2. The molecule has 0 radical (unpaired) electrons. The van der Waals surface area contributed by atoms with Crippen molar-refractivity contribution in [3.63, 3.8) is 0 Å². The lowest BCUT2D eigenvalue weighted by Crippen LogP contribution is -2.67. The molecule has 0 aromatic rings. The number of rotatable bonds is 12. The van der Waals surface area contributed by atoms with E-state index in [1.807, 2.05) is 0 Å². The highest BCUT2D eigenvalue weighted by molar-refractivity contribution is 5.81. The van der Waals surface area contributed by atoms with Gasteiger partial charge in [-0.25, -0.2) is 0 Å². The second-order valence-electron chi connectivity index (χ2n) is 19.1. The summed E-state index contributed by atoms with van der Waals surface area (Å²) in [4.78, 5) is 38.2. The number of allylic oxidation sites excluding steroid dienone is 1. The number of carbonyl (C=O) groups excluding carboxylic acids is 2. The van der Waals surface area contributed by atoms with E-state index in [-0.39, 0.29) is 52.1 Å². The van der Waals surface area contributed by atoms with Gasteiger partial charge in [0.05, 0.1) is 31.7 Å². The lowest BCUT2D eigenvalue weighted by atomic mass is 9.32. The first-order valence-electron chi connectivity index (χ1n) is 19.3. The molecule has 5 fully saturated rings. The molecule has 0 aromatic heterocycles. The van der Waals surface area contributed by atoms with E-state index in [4.69, 9.17) is 14.6 Å². The molecule has 3 N–H and O–H groups in total. The number of carboxylic acids is 1. The molecule has 1 amide bonds. The largest absolute Gasteiger partial charge is 0.481 e. The van der Waals surface area contributed by atoms with Crippen molar-refractivity contribution in [2.45, 2.75) is 139 Å². The zero-order valence-corrected chi connectivity index (χ0v) is 31.9. The monoisotopic (exact) mass is 685 g/mol. The van der Waals surface area contributed by atoms with Gasteiger partial charge in [-0.3, -0.25) is 14.4 Å². The number of esters is 1. The minimum atomic E-state index is -1.15. The number of fused-ring (bicyclic) bond motifs is 7. The zero-order chi connectivity index (χ0) is 36.2. The minimum Gasteiger partial charge on any atom is -0.481 e. The van der Waals surface area contributed by atoms with E-state index in [9.17, 15) is 19.5 Å². The van der Waals surface area contributed by atoms with Gasteiger partial charge in [-0.2, -0.15) is 0 Å². The molecule has 5 saturated carbocycles. The SMILES string of the molecule is C=C(C)[C@@H]1CC[C@]2(CC(=O)NCCOCCO)CC[C@]3(C)[C@H](CCC4[C@@]5(C)CC[C@H](OC(=O)CC(C)(C)C(=O)O)C(C)(C)C5CC[C@]43C)[C@@H]12. The summed E-state index contributed by atoms with van der Waals surface area (Å²) in [7, 11) is 0. The van der Waals surface area contributed by atoms with Crippen molar-refractivity contribution in [2.75, 3.05) is 26.4 Å². The molecule has 2 unspecified atom stereocenters. The van der Waals surface area contributed by atoms with E-state index >= 15 is 0 Å². The number of carboxylic acid groups (broad SMARTS) is 1. The van der Waals surface area contributed by atoms with E-state index < -0.39 is 17.4 Å². The summed E-state index contributed by atoms with van der Waals surface area (Å²) >= 11 is 0. The molecule has 5 aliphatic rings. The summed E-state index contributed by atoms with van der Waals surface area (Å²) in [6, 6.07) is 0. The van der Waals surface area contributed by atoms with Crippen LogP contribution in [0.15, 0.2) is 12.2 Å². The third kappa shape index (κ3) is 6.42. The van der Waals surface area contributed by atoms with Gasteiger partial charge in [0, 0.05) is 18.4 Å². The van der Waals surface area contributed by atoms with Crippen molar-refractivity contribution in [3.05, 3.63) is 12.2 Å². The Balaban J connectivity index is 1.36. The number of aliphatic hydroxyl groups excluding tert-OH is 1. The van der Waals surface area contributed by atoms with Crippen LogP contribution in [0.3, 0.4) is 0 Å². The summed E-state index contributed by atoms with van der Waals surface area (Å²) in [5.41, 5.74) is 0.400. The second-order valence-corrected chi connectivity index (χ2v) is 19.1. The molecule has 0 spiro atoms. The van der Waals surface area contributed by atoms with Crippen LogP contribution in [0.2, 0.25) is 0 Å². The Kier molecular flexibility index (Phi) is 10.6. The van der Waals surface area contributed by atoms with Crippen LogP contribution in [0.1, 0.15) is 132 Å². The fraction of sp³-hybridized carbons (Fsp3) is 0.878. The molecule has 10 atom stereocenters. The van der Waals surface area contributed by atoms with Crippen LogP contribution < -0.4 is 5.32 Å². The molecule has 278 valence electrons. The standard InChI is InChI=1S/C41H67NO7/c1-26(2)27-12-17-41(24-32(44)42-20-22-48-23-21-43)19-18-39(8)28(34(27)41)10-11-30-38(7)15-14-31(49-33(45)25-36(3,4)35(46)47)37(5,6)29(38)13-16-40(30,39)9/h27-31,34,43H,1,10-25H2,2-9H3,(H,42,44)(H,46,47)/t27-,28+,29?,30?,31-,34+,38-,39+,40+,41+/m0/s1. The van der Waals surface area contributed by atoms with Crippen molar-refractivity contribution in [1.29, 1.82) is 0 Å². The van der Waals surface area contributed by atoms with Crippen LogP contribution in [0.4, 0.5) is 0 Å². The number of aliphatic carboxylic acids is 1. The average molecular weight is 686 g/mol. The third-order valence-corrected chi connectivity index (χ3v) is 15.9. The molecule has 0 heterocycles. The molecule has 5 aliphatic carbocycles. The molecule has 0 aromatic carbocycles. The van der Waals surface area contributed by atoms with Gasteiger partial charge in [0.1, 0.15) is 6.10 Å². The molecule has 5 rings (SSSR count). The number of aliphatic hydroxyl groups is 1. The van der Waals surface area contributed by atoms with E-state index in [1.54, 1.807) is 13.8 Å². The number of ether oxygens (including phenoxy) is 2. The van der Waals surface area contributed by atoms with E-state index in [0.717, 1.165) is 51.4 Å². The third-order valence-electron chi connectivity index (χ3n) is 15.9. The maximum Gasteiger partial charge on any atom is 0.309 e. The second kappa shape index (κ2) is 13.6. The molecular weight excluding hydrogens is 618 g/mol. The molecule has 0 aliphatic heterocycles. The van der Waals surface area contributed by atoms with Crippen molar-refractivity contribution < 1.29 is 34.1 Å². The summed E-state index contributed by atoms with van der Waals surface area (Å²) in [5.74, 6) is 1.20. The number of nitrogens with one attached hydrogen (secondary N) is 1. The van der Waals surface area contributed by atoms with Crippen LogP contribution in [0.5, 0.6) is 0 Å². The fourth-order valence-corrected chi connectivity index (χ4v) is 13.2. The Morgan fingerprint density at radius 1 is 0.878 bits per heavy atom. The van der Waals surface area contributed by atoms with Crippen molar-refractivity contribution in [2.24, 2.45) is 62.1 Å². The normalized spacial score (nSPS) is 41.0. The van der Waals surface area contributed by atoms with Gasteiger partial charge in [0.2, 0.25) is 5.91 Å². The van der Waals surface area contributed by atoms with Gasteiger partial charge in [0.15, 0.2) is 0 Å². The van der Waals surface area contributed by atoms with Gasteiger partial charge in [-0.1, -0.05) is 46.8 Å².